The van der Waals surface area contributed by atoms with Gasteiger partial charge in [0.25, 0.3) is 0 Å². The minimum atomic E-state index is -0.333. The predicted molar refractivity (Wildman–Crippen MR) is 196 cm³/mol. The van der Waals surface area contributed by atoms with Crippen molar-refractivity contribution < 1.29 is 30.2 Å². The average Bonchev–Trinajstić information content (AvgIpc) is 3.68. The van der Waals surface area contributed by atoms with E-state index in [0.717, 1.165) is 65.6 Å². The van der Waals surface area contributed by atoms with Crippen molar-refractivity contribution in [3.63, 3.8) is 0 Å². The number of hydrogen-bond acceptors (Lipinski definition) is 5. The summed E-state index contributed by atoms with van der Waals surface area (Å²) in [5.74, 6) is 2.58. The molecule has 0 spiro atoms. The van der Waals surface area contributed by atoms with Gasteiger partial charge in [0.1, 0.15) is 17.2 Å². The Bertz CT molecular complexity index is 2720. The summed E-state index contributed by atoms with van der Waals surface area (Å²) in [6.45, 7) is 4.44. The Morgan fingerprint density at radius 3 is 2.38 bits per heavy atom. The largest absolute Gasteiger partial charge is 2.00 e. The Morgan fingerprint density at radius 2 is 1.50 bits per heavy atom. The minimum absolute atomic E-state index is 0. The van der Waals surface area contributed by atoms with E-state index < -0.39 is 0 Å². The van der Waals surface area contributed by atoms with Crippen molar-refractivity contribution in [3.8, 4) is 28.8 Å². The number of pyridine rings is 2. The fourth-order valence-corrected chi connectivity index (χ4v) is 8.63. The van der Waals surface area contributed by atoms with Crippen LogP contribution in [0.2, 0.25) is 0 Å². The number of ether oxygens (including phenoxy) is 1. The number of benzene rings is 5. The van der Waals surface area contributed by atoms with Crippen molar-refractivity contribution in [1.82, 2.24) is 14.5 Å². The third-order valence-electron chi connectivity index (χ3n) is 9.52. The summed E-state index contributed by atoms with van der Waals surface area (Å²) in [5, 5.41) is 5.13. The summed E-state index contributed by atoms with van der Waals surface area (Å²) in [5.41, 5.74) is 5.17. The van der Waals surface area contributed by atoms with Gasteiger partial charge in [-0.2, -0.15) is 29.2 Å². The van der Waals surface area contributed by atoms with Crippen molar-refractivity contribution >= 4 is 55.3 Å². The van der Waals surface area contributed by atoms with E-state index in [1.807, 2.05) is 60.7 Å². The van der Waals surface area contributed by atoms with Gasteiger partial charge in [-0.1, -0.05) is 71.9 Å². The van der Waals surface area contributed by atoms with Crippen LogP contribution >= 0.6 is 11.8 Å². The Balaban J connectivity index is 0.00000336. The van der Waals surface area contributed by atoms with Crippen molar-refractivity contribution in [3.05, 3.63) is 151 Å². The van der Waals surface area contributed by atoms with E-state index >= 15 is 0 Å². The summed E-state index contributed by atoms with van der Waals surface area (Å²) in [4.78, 5) is 12.6. The molecule has 242 valence electrons. The first-order valence-electron chi connectivity index (χ1n) is 16.2. The molecule has 0 atom stereocenters. The van der Waals surface area contributed by atoms with Gasteiger partial charge < -0.3 is 13.7 Å². The van der Waals surface area contributed by atoms with Crippen LogP contribution in [-0.2, 0) is 26.5 Å². The number of fused-ring (bicyclic) bond motifs is 8. The molecule has 0 bridgehead atoms. The van der Waals surface area contributed by atoms with Crippen molar-refractivity contribution in [2.24, 2.45) is 0 Å². The molecule has 0 amide bonds. The minimum Gasteiger partial charge on any atom is -0.466 e. The van der Waals surface area contributed by atoms with Crippen molar-refractivity contribution in [1.29, 1.82) is 0 Å². The SMILES string of the molecule is CC1(C)c2ccccc2Sc2c1oc1c(-c3[c-]cccc3)nc(Oc3nc(-n4c5[c-]cccc5c5ccccc54)cc4ccccc34)cc21.[Pt+2]. The zero-order valence-corrected chi connectivity index (χ0v) is 30.1. The van der Waals surface area contributed by atoms with Gasteiger partial charge in [-0.25, -0.2) is 0 Å². The van der Waals surface area contributed by atoms with Crippen molar-refractivity contribution in [2.45, 2.75) is 29.1 Å². The molecule has 4 aromatic heterocycles. The van der Waals surface area contributed by atoms with Gasteiger partial charge in [0, 0.05) is 38.4 Å². The van der Waals surface area contributed by atoms with E-state index in [4.69, 9.17) is 19.1 Å². The third-order valence-corrected chi connectivity index (χ3v) is 10.7. The molecule has 5 aromatic carbocycles. The van der Waals surface area contributed by atoms with Crippen LogP contribution in [-0.4, -0.2) is 14.5 Å². The van der Waals surface area contributed by atoms with Crippen LogP contribution in [0.25, 0.3) is 60.6 Å². The molecule has 50 heavy (non-hydrogen) atoms. The van der Waals surface area contributed by atoms with Crippen LogP contribution in [0, 0.1) is 12.1 Å². The van der Waals surface area contributed by atoms with Gasteiger partial charge in [0.15, 0.2) is 0 Å². The van der Waals surface area contributed by atoms with E-state index in [2.05, 4.69) is 97.3 Å². The summed E-state index contributed by atoms with van der Waals surface area (Å²) in [6.07, 6.45) is 0. The maximum Gasteiger partial charge on any atom is 2.00 e. The van der Waals surface area contributed by atoms with Crippen LogP contribution in [0.3, 0.4) is 0 Å². The molecule has 9 aromatic rings. The molecular formula is C43H27N3O2PtS. The topological polar surface area (TPSA) is 53.1 Å². The van der Waals surface area contributed by atoms with Gasteiger partial charge in [0.05, 0.1) is 4.90 Å². The van der Waals surface area contributed by atoms with Crippen LogP contribution in [0.1, 0.15) is 25.2 Å². The van der Waals surface area contributed by atoms with Gasteiger partial charge in [-0.05, 0) is 54.4 Å². The molecule has 5 heterocycles. The first-order chi connectivity index (χ1) is 24.0. The average molecular weight is 845 g/mol. The smallest absolute Gasteiger partial charge is 0.466 e. The molecule has 0 radical (unpaired) electrons. The molecule has 0 fully saturated rings. The van der Waals surface area contributed by atoms with Crippen molar-refractivity contribution in [2.75, 3.05) is 0 Å². The zero-order chi connectivity index (χ0) is 32.7. The van der Waals surface area contributed by atoms with Gasteiger partial charge in [-0.3, -0.25) is 4.98 Å². The Kier molecular flexibility index (Phi) is 7.24. The van der Waals surface area contributed by atoms with E-state index in [-0.39, 0.29) is 26.5 Å². The second kappa shape index (κ2) is 11.7. The second-order valence-electron chi connectivity index (χ2n) is 12.8. The standard InChI is InChI=1S/C43H27N3O2S.Pt/c1-43(2)32-20-10-13-23-35(32)49-40-31-25-37(45-38(39(31)48-41(40)43)26-14-4-3-5-15-26)47-42-28-17-7-6-16-27(28)24-36(44-42)46-33-21-11-8-18-29(33)30-19-9-12-22-34(30)46;/h3-14,16-21,23-25H,1-2H3;/q-2;+2. The molecule has 0 saturated carbocycles. The molecule has 0 saturated heterocycles. The number of furan rings is 1. The molecule has 10 rings (SSSR count). The maximum atomic E-state index is 6.80. The number of rotatable bonds is 4. The first kappa shape index (κ1) is 30.9. The summed E-state index contributed by atoms with van der Waals surface area (Å²) in [7, 11) is 0. The number of para-hydroxylation sites is 2. The van der Waals surface area contributed by atoms with Crippen LogP contribution in [0.15, 0.2) is 142 Å². The predicted octanol–water partition coefficient (Wildman–Crippen LogP) is 11.3. The van der Waals surface area contributed by atoms with E-state index in [1.165, 1.54) is 10.5 Å². The number of hydrogen-bond donors (Lipinski definition) is 0. The molecule has 0 N–H and O–H groups in total. The summed E-state index contributed by atoms with van der Waals surface area (Å²) < 4.78 is 15.7. The molecule has 5 nitrogen and oxygen atoms in total. The maximum absolute atomic E-state index is 6.80. The van der Waals surface area contributed by atoms with Crippen LogP contribution < -0.4 is 4.74 Å². The quantitative estimate of drug-likeness (QED) is 0.165. The fraction of sp³-hybridized carbons (Fsp3) is 0.0698. The fourth-order valence-electron chi connectivity index (χ4n) is 7.17. The molecule has 7 heteroatoms. The van der Waals surface area contributed by atoms with E-state index in [9.17, 15) is 0 Å². The summed E-state index contributed by atoms with van der Waals surface area (Å²) >= 11 is 1.74. The number of aromatic nitrogens is 3. The Hall–Kier alpha value is -5.16. The van der Waals surface area contributed by atoms with E-state index in [1.54, 1.807) is 11.8 Å². The summed E-state index contributed by atoms with van der Waals surface area (Å²) in [6, 6.07) is 50.0. The normalized spacial score (nSPS) is 13.3. The Morgan fingerprint density at radius 1 is 0.740 bits per heavy atom. The van der Waals surface area contributed by atoms with Gasteiger partial charge in [-0.15, -0.1) is 41.3 Å². The number of nitrogens with zero attached hydrogens (tertiary/aromatic N) is 3. The Labute approximate surface area is 307 Å². The van der Waals surface area contributed by atoms with Gasteiger partial charge in [0.2, 0.25) is 11.8 Å². The van der Waals surface area contributed by atoms with E-state index in [0.29, 0.717) is 17.5 Å². The first-order valence-corrected chi connectivity index (χ1v) is 17.1. The van der Waals surface area contributed by atoms with Crippen LogP contribution in [0.4, 0.5) is 0 Å². The third kappa shape index (κ3) is 4.66. The van der Waals surface area contributed by atoms with Gasteiger partial charge >= 0.3 is 21.1 Å². The molecule has 0 aliphatic carbocycles. The zero-order valence-electron chi connectivity index (χ0n) is 27.0. The van der Waals surface area contributed by atoms with Crippen LogP contribution in [0.5, 0.6) is 11.8 Å². The molecular weight excluding hydrogens is 818 g/mol. The monoisotopic (exact) mass is 844 g/mol. The molecule has 1 aliphatic rings. The molecule has 0 unspecified atom stereocenters. The molecule has 1 aliphatic heterocycles. The second-order valence-corrected chi connectivity index (χ2v) is 13.9.